The van der Waals surface area contributed by atoms with E-state index in [1.54, 1.807) is 12.1 Å². The number of nitrogens with two attached hydrogens (primary N) is 1. The van der Waals surface area contributed by atoms with Gasteiger partial charge in [0.1, 0.15) is 6.61 Å². The Labute approximate surface area is 233 Å². The number of fused-ring (bicyclic) bond motifs is 1. The number of hydrogen-bond acceptors (Lipinski definition) is 6. The van der Waals surface area contributed by atoms with Crippen LogP contribution in [0.5, 0.6) is 11.5 Å². The number of hydrogen-bond donors (Lipinski definition) is 3. The number of anilines is 1. The van der Waals surface area contributed by atoms with Gasteiger partial charge in [-0.15, -0.1) is 0 Å². The van der Waals surface area contributed by atoms with Crippen LogP contribution in [0.15, 0.2) is 88.4 Å². The summed E-state index contributed by atoms with van der Waals surface area (Å²) < 4.78 is 12.6. The van der Waals surface area contributed by atoms with Crippen molar-refractivity contribution in [3.05, 3.63) is 100 Å². The van der Waals surface area contributed by atoms with Gasteiger partial charge in [-0.3, -0.25) is 14.4 Å². The van der Waals surface area contributed by atoms with Crippen LogP contribution in [-0.2, 0) is 16.2 Å². The number of carbonyl (C=O) groups excluding carboxylic acids is 3. The fourth-order valence-corrected chi connectivity index (χ4v) is 4.33. The monoisotopic (exact) mass is 588 g/mol. The lowest BCUT2D eigenvalue weighted by Crippen LogP contribution is -2.32. The summed E-state index contributed by atoms with van der Waals surface area (Å²) in [5, 5.41) is 8.54. The van der Waals surface area contributed by atoms with Crippen LogP contribution in [0.4, 0.5) is 5.69 Å². The number of rotatable bonds is 9. The highest BCUT2D eigenvalue weighted by molar-refractivity contribution is 9.10. The summed E-state index contributed by atoms with van der Waals surface area (Å²) in [4.78, 5) is 35.4. The van der Waals surface area contributed by atoms with E-state index in [1.807, 2.05) is 31.2 Å². The largest absolute Gasteiger partial charge is 0.490 e. The summed E-state index contributed by atoms with van der Waals surface area (Å²) in [6, 6.07) is 23.5. The van der Waals surface area contributed by atoms with Gasteiger partial charge in [-0.2, -0.15) is 5.10 Å². The van der Waals surface area contributed by atoms with Gasteiger partial charge < -0.3 is 20.5 Å². The maximum Gasteiger partial charge on any atom is 0.329 e. The molecule has 0 aliphatic rings. The van der Waals surface area contributed by atoms with Crippen molar-refractivity contribution in [2.75, 3.05) is 11.9 Å². The fourth-order valence-electron chi connectivity index (χ4n) is 3.76. The first-order valence-corrected chi connectivity index (χ1v) is 12.7. The van der Waals surface area contributed by atoms with Gasteiger partial charge in [-0.05, 0) is 81.2 Å². The van der Waals surface area contributed by atoms with Crippen LogP contribution in [0, 0.1) is 0 Å². The third-order valence-electron chi connectivity index (χ3n) is 5.60. The lowest BCUT2D eigenvalue weighted by molar-refractivity contribution is -0.136. The Hall–Kier alpha value is -4.70. The van der Waals surface area contributed by atoms with Crippen molar-refractivity contribution < 1.29 is 23.9 Å². The van der Waals surface area contributed by atoms with Crippen molar-refractivity contribution in [1.29, 1.82) is 0 Å². The molecule has 198 valence electrons. The van der Waals surface area contributed by atoms with Crippen LogP contribution in [0.25, 0.3) is 10.8 Å². The number of nitrogens with zero attached hydrogens (tertiary/aromatic N) is 1. The number of primary amides is 1. The van der Waals surface area contributed by atoms with E-state index in [9.17, 15) is 14.4 Å². The van der Waals surface area contributed by atoms with Crippen molar-refractivity contribution in [3.8, 4) is 11.5 Å². The first kappa shape index (κ1) is 27.3. The zero-order valence-corrected chi connectivity index (χ0v) is 22.5. The Morgan fingerprint density at radius 2 is 1.69 bits per heavy atom. The predicted octanol–water partition coefficient (Wildman–Crippen LogP) is 4.77. The van der Waals surface area contributed by atoms with E-state index in [-0.39, 0.29) is 5.56 Å². The van der Waals surface area contributed by atoms with Gasteiger partial charge in [0.15, 0.2) is 11.5 Å². The zero-order chi connectivity index (χ0) is 27.8. The Morgan fingerprint density at radius 1 is 0.949 bits per heavy atom. The number of halogens is 1. The van der Waals surface area contributed by atoms with Gasteiger partial charge in [0.2, 0.25) is 5.91 Å². The van der Waals surface area contributed by atoms with Gasteiger partial charge in [-0.25, -0.2) is 5.43 Å². The minimum absolute atomic E-state index is 0.282. The minimum atomic E-state index is -0.968. The van der Waals surface area contributed by atoms with E-state index in [0.29, 0.717) is 40.4 Å². The molecule has 0 aromatic heterocycles. The molecule has 4 aromatic rings. The highest BCUT2D eigenvalue weighted by Crippen LogP contribution is 2.37. The van der Waals surface area contributed by atoms with Gasteiger partial charge in [0.25, 0.3) is 0 Å². The number of nitrogens with one attached hydrogen (secondary N) is 2. The molecular formula is C29H25BrN4O5. The minimum Gasteiger partial charge on any atom is -0.490 e. The maximum atomic E-state index is 12.2. The molecule has 39 heavy (non-hydrogen) atoms. The molecule has 0 spiro atoms. The van der Waals surface area contributed by atoms with Crippen molar-refractivity contribution in [2.45, 2.75) is 13.5 Å². The molecule has 9 nitrogen and oxygen atoms in total. The number of amides is 3. The van der Waals surface area contributed by atoms with Gasteiger partial charge in [-0.1, -0.05) is 42.5 Å². The summed E-state index contributed by atoms with van der Waals surface area (Å²) in [6.07, 6.45) is 1.38. The molecule has 4 N–H and O–H groups in total. The first-order chi connectivity index (χ1) is 18.9. The average molecular weight is 589 g/mol. The number of benzene rings is 4. The normalized spacial score (nSPS) is 10.8. The molecule has 10 heteroatoms. The lowest BCUT2D eigenvalue weighted by Gasteiger charge is -2.15. The predicted molar refractivity (Wildman–Crippen MR) is 153 cm³/mol. The van der Waals surface area contributed by atoms with E-state index < -0.39 is 17.7 Å². The molecule has 0 atom stereocenters. The molecule has 0 aliphatic carbocycles. The second-order valence-corrected chi connectivity index (χ2v) is 9.14. The van der Waals surface area contributed by atoms with E-state index in [4.69, 9.17) is 15.2 Å². The van der Waals surface area contributed by atoms with E-state index in [0.717, 1.165) is 16.3 Å². The summed E-state index contributed by atoms with van der Waals surface area (Å²) in [7, 11) is 0. The maximum absolute atomic E-state index is 12.2. The Balaban J connectivity index is 1.41. The second kappa shape index (κ2) is 12.7. The van der Waals surface area contributed by atoms with Crippen LogP contribution in [0.3, 0.4) is 0 Å². The second-order valence-electron chi connectivity index (χ2n) is 8.28. The van der Waals surface area contributed by atoms with Crippen LogP contribution >= 0.6 is 15.9 Å². The van der Waals surface area contributed by atoms with Crippen LogP contribution in [-0.4, -0.2) is 30.5 Å². The molecule has 0 saturated carbocycles. The van der Waals surface area contributed by atoms with Gasteiger partial charge in [0.05, 0.1) is 17.3 Å². The number of carbonyl (C=O) groups is 3. The summed E-state index contributed by atoms with van der Waals surface area (Å²) in [6.45, 7) is 2.61. The molecule has 0 aliphatic heterocycles. The molecule has 3 amide bonds. The standard InChI is InChI=1S/C29H25BrN4O5/c1-2-38-25-15-18(16-32-34-29(37)28(36)33-22-12-10-20(11-13-22)27(31)35)14-24(30)26(25)39-17-21-8-5-7-19-6-3-4-9-23(19)21/h3-16H,2,17H2,1H3,(H2,31,35)(H,33,36)(H,34,37). The smallest absolute Gasteiger partial charge is 0.329 e. The van der Waals surface area contributed by atoms with Gasteiger partial charge in [0, 0.05) is 11.3 Å². The highest BCUT2D eigenvalue weighted by Gasteiger charge is 2.15. The lowest BCUT2D eigenvalue weighted by atomic mass is 10.1. The quantitative estimate of drug-likeness (QED) is 0.147. The number of ether oxygens (including phenoxy) is 2. The molecular weight excluding hydrogens is 564 g/mol. The first-order valence-electron chi connectivity index (χ1n) is 12.0. The van der Waals surface area contributed by atoms with E-state index in [2.05, 4.69) is 50.0 Å². The van der Waals surface area contributed by atoms with E-state index in [1.165, 1.54) is 30.5 Å². The van der Waals surface area contributed by atoms with Crippen LogP contribution in [0.1, 0.15) is 28.4 Å². The summed E-state index contributed by atoms with van der Waals surface area (Å²) in [5.41, 5.74) is 9.63. The van der Waals surface area contributed by atoms with Crippen molar-refractivity contribution in [2.24, 2.45) is 10.8 Å². The van der Waals surface area contributed by atoms with Crippen molar-refractivity contribution in [1.82, 2.24) is 5.43 Å². The van der Waals surface area contributed by atoms with Crippen molar-refractivity contribution >= 4 is 56.3 Å². The Kier molecular flexibility index (Phi) is 8.90. The fraction of sp³-hybridized carbons (Fsp3) is 0.103. The summed E-state index contributed by atoms with van der Waals surface area (Å²) in [5.74, 6) is -1.45. The molecule has 0 heterocycles. The van der Waals surface area contributed by atoms with Gasteiger partial charge >= 0.3 is 11.8 Å². The van der Waals surface area contributed by atoms with Crippen LogP contribution < -0.4 is 25.9 Å². The third-order valence-corrected chi connectivity index (χ3v) is 6.19. The topological polar surface area (TPSA) is 132 Å². The molecule has 0 unspecified atom stereocenters. The molecule has 4 rings (SSSR count). The van der Waals surface area contributed by atoms with Crippen molar-refractivity contribution in [3.63, 3.8) is 0 Å². The Morgan fingerprint density at radius 3 is 2.44 bits per heavy atom. The van der Waals surface area contributed by atoms with E-state index >= 15 is 0 Å². The van der Waals surface area contributed by atoms with Crippen LogP contribution in [0.2, 0.25) is 0 Å². The molecule has 0 saturated heterocycles. The molecule has 0 fully saturated rings. The third kappa shape index (κ3) is 6.99. The number of hydrazone groups is 1. The zero-order valence-electron chi connectivity index (χ0n) is 20.9. The highest BCUT2D eigenvalue weighted by atomic mass is 79.9. The molecule has 4 aromatic carbocycles. The molecule has 0 bridgehead atoms. The molecule has 0 radical (unpaired) electrons. The average Bonchev–Trinajstić information content (AvgIpc) is 2.93. The Bertz CT molecular complexity index is 1550. The SMILES string of the molecule is CCOc1cc(C=NNC(=O)C(=O)Nc2ccc(C(N)=O)cc2)cc(Br)c1OCc1cccc2ccccc12. The summed E-state index contributed by atoms with van der Waals surface area (Å²) >= 11 is 3.54.